The first kappa shape index (κ1) is 17.3. The van der Waals surface area contributed by atoms with Gasteiger partial charge in [-0.2, -0.15) is 0 Å². The summed E-state index contributed by atoms with van der Waals surface area (Å²) >= 11 is 0. The number of carbonyl (C=O) groups excluding carboxylic acids is 2. The number of nitrogens with two attached hydrogens (primary N) is 1. The molecule has 0 aromatic carbocycles. The molecular weight excluding hydrogens is 332 g/mol. The van der Waals surface area contributed by atoms with Crippen molar-refractivity contribution in [1.82, 2.24) is 14.8 Å². The number of cyclic esters (lactones) is 1. The van der Waals surface area contributed by atoms with Gasteiger partial charge in [-0.1, -0.05) is 0 Å². The number of likely N-dealkylation sites (tertiary alicyclic amines) is 2. The molecule has 4 heterocycles. The van der Waals surface area contributed by atoms with Crippen LogP contribution < -0.4 is 5.73 Å². The first-order valence-electron chi connectivity index (χ1n) is 9.50. The quantitative estimate of drug-likeness (QED) is 0.819. The van der Waals surface area contributed by atoms with Crippen LogP contribution in [0.1, 0.15) is 42.5 Å². The van der Waals surface area contributed by atoms with Crippen LogP contribution in [0.2, 0.25) is 0 Å². The number of nitrogen functional groups attached to an aromatic ring is 1. The van der Waals surface area contributed by atoms with E-state index in [1.54, 1.807) is 17.0 Å². The fourth-order valence-corrected chi connectivity index (χ4v) is 4.45. The van der Waals surface area contributed by atoms with Crippen molar-refractivity contribution in [1.29, 1.82) is 0 Å². The van der Waals surface area contributed by atoms with E-state index in [0.717, 1.165) is 26.1 Å². The molecule has 1 unspecified atom stereocenters. The van der Waals surface area contributed by atoms with Gasteiger partial charge >= 0.3 is 5.97 Å². The lowest BCUT2D eigenvalue weighted by atomic mass is 9.76. The fraction of sp³-hybridized carbons (Fsp3) is 0.632. The zero-order chi connectivity index (χ0) is 18.1. The summed E-state index contributed by atoms with van der Waals surface area (Å²) in [5.41, 5.74) is 5.72. The maximum absolute atomic E-state index is 12.6. The summed E-state index contributed by atoms with van der Waals surface area (Å²) in [6.07, 6.45) is 6.13. The second-order valence-corrected chi connectivity index (χ2v) is 7.78. The lowest BCUT2D eigenvalue weighted by Gasteiger charge is -2.36. The second-order valence-electron chi connectivity index (χ2n) is 7.78. The van der Waals surface area contributed by atoms with Crippen LogP contribution in [0.5, 0.6) is 0 Å². The first-order chi connectivity index (χ1) is 12.6. The highest BCUT2D eigenvalue weighted by Crippen LogP contribution is 2.43. The highest BCUT2D eigenvalue weighted by atomic mass is 16.6. The molecule has 0 radical (unpaired) electrons. The van der Waals surface area contributed by atoms with E-state index in [2.05, 4.69) is 9.88 Å². The Hall–Kier alpha value is -2.15. The van der Waals surface area contributed by atoms with Crippen LogP contribution in [-0.2, 0) is 9.53 Å². The molecule has 26 heavy (non-hydrogen) atoms. The number of hydrogen-bond acceptors (Lipinski definition) is 6. The molecule has 1 spiro atoms. The lowest BCUT2D eigenvalue weighted by molar-refractivity contribution is -0.150. The highest BCUT2D eigenvalue weighted by Gasteiger charge is 2.51. The molecule has 1 aromatic heterocycles. The Balaban J connectivity index is 1.35. The van der Waals surface area contributed by atoms with Gasteiger partial charge in [-0.3, -0.25) is 14.5 Å². The number of nitrogens with zero attached hydrogens (tertiary/aromatic N) is 3. The molecule has 140 valence electrons. The van der Waals surface area contributed by atoms with Crippen LogP contribution in [-0.4, -0.2) is 65.5 Å². The topological polar surface area (TPSA) is 88.8 Å². The molecule has 7 nitrogen and oxygen atoms in total. The van der Waals surface area contributed by atoms with Crippen molar-refractivity contribution in [2.24, 2.45) is 5.41 Å². The van der Waals surface area contributed by atoms with Gasteiger partial charge in [0.15, 0.2) is 0 Å². The SMILES string of the molecule is Nc1ccc(C(=O)N2CCC3(CC2)CC(CN2CCCC2)OC3=O)cn1. The number of aromatic nitrogens is 1. The van der Waals surface area contributed by atoms with Gasteiger partial charge in [0.05, 0.1) is 11.0 Å². The van der Waals surface area contributed by atoms with Crippen molar-refractivity contribution >= 4 is 17.7 Å². The van der Waals surface area contributed by atoms with Crippen molar-refractivity contribution in [3.05, 3.63) is 23.9 Å². The van der Waals surface area contributed by atoms with Crippen LogP contribution in [0.15, 0.2) is 18.3 Å². The van der Waals surface area contributed by atoms with Crippen molar-refractivity contribution < 1.29 is 14.3 Å². The Labute approximate surface area is 153 Å². The summed E-state index contributed by atoms with van der Waals surface area (Å²) in [6.45, 7) is 4.23. The van der Waals surface area contributed by atoms with E-state index in [4.69, 9.17) is 10.5 Å². The van der Waals surface area contributed by atoms with E-state index in [1.165, 1.54) is 19.0 Å². The van der Waals surface area contributed by atoms with Crippen LogP contribution in [0.25, 0.3) is 0 Å². The summed E-state index contributed by atoms with van der Waals surface area (Å²) in [5, 5.41) is 0. The molecule has 4 rings (SSSR count). The maximum atomic E-state index is 12.6. The number of pyridine rings is 1. The van der Waals surface area contributed by atoms with E-state index in [1.807, 2.05) is 0 Å². The van der Waals surface area contributed by atoms with Crippen LogP contribution >= 0.6 is 0 Å². The lowest BCUT2D eigenvalue weighted by Crippen LogP contribution is -2.45. The number of rotatable bonds is 3. The standard InChI is InChI=1S/C19H26N4O3/c20-16-4-3-14(12-21-16)17(24)23-9-5-19(6-10-23)11-15(26-18(19)25)13-22-7-1-2-8-22/h3-4,12,15H,1-2,5-11,13H2,(H2,20,21). The summed E-state index contributed by atoms with van der Waals surface area (Å²) in [6, 6.07) is 3.33. The largest absolute Gasteiger partial charge is 0.461 e. The molecule has 1 aromatic rings. The molecule has 7 heteroatoms. The number of anilines is 1. The zero-order valence-corrected chi connectivity index (χ0v) is 15.0. The summed E-state index contributed by atoms with van der Waals surface area (Å²) < 4.78 is 5.70. The Morgan fingerprint density at radius 2 is 1.96 bits per heavy atom. The normalized spacial score (nSPS) is 25.6. The molecule has 3 saturated heterocycles. The molecule has 0 bridgehead atoms. The average molecular weight is 358 g/mol. The Bertz CT molecular complexity index is 677. The van der Waals surface area contributed by atoms with Crippen LogP contribution in [0.4, 0.5) is 5.82 Å². The summed E-state index contributed by atoms with van der Waals surface area (Å²) in [7, 11) is 0. The van der Waals surface area contributed by atoms with Gasteiger partial charge in [-0.25, -0.2) is 4.98 Å². The molecule has 3 fully saturated rings. The second kappa shape index (κ2) is 6.87. The highest BCUT2D eigenvalue weighted by molar-refractivity contribution is 5.94. The molecule has 2 N–H and O–H groups in total. The Morgan fingerprint density at radius 3 is 2.62 bits per heavy atom. The monoisotopic (exact) mass is 358 g/mol. The minimum Gasteiger partial charge on any atom is -0.461 e. The number of esters is 1. The number of amides is 1. The van der Waals surface area contributed by atoms with Crippen LogP contribution in [0, 0.1) is 5.41 Å². The van der Waals surface area contributed by atoms with E-state index in [-0.39, 0.29) is 18.0 Å². The van der Waals surface area contributed by atoms with Gasteiger partial charge < -0.3 is 15.4 Å². The van der Waals surface area contributed by atoms with Crippen LogP contribution in [0.3, 0.4) is 0 Å². The average Bonchev–Trinajstić information content (AvgIpc) is 3.25. The van der Waals surface area contributed by atoms with Crippen molar-refractivity contribution in [2.45, 2.75) is 38.2 Å². The van der Waals surface area contributed by atoms with Gasteiger partial charge in [0.1, 0.15) is 11.9 Å². The molecule has 0 saturated carbocycles. The number of carbonyl (C=O) groups is 2. The van der Waals surface area contributed by atoms with E-state index < -0.39 is 5.41 Å². The van der Waals surface area contributed by atoms with E-state index in [9.17, 15) is 9.59 Å². The molecule has 3 aliphatic heterocycles. The predicted molar refractivity (Wildman–Crippen MR) is 96.4 cm³/mol. The minimum absolute atomic E-state index is 0.00384. The van der Waals surface area contributed by atoms with Gasteiger partial charge in [0.2, 0.25) is 0 Å². The van der Waals surface area contributed by atoms with E-state index >= 15 is 0 Å². The van der Waals surface area contributed by atoms with Gasteiger partial charge in [-0.15, -0.1) is 0 Å². The minimum atomic E-state index is -0.402. The van der Waals surface area contributed by atoms with Crippen molar-refractivity contribution in [2.75, 3.05) is 38.5 Å². The molecule has 3 aliphatic rings. The number of ether oxygens (including phenoxy) is 1. The maximum Gasteiger partial charge on any atom is 0.312 e. The Kier molecular flexibility index (Phi) is 4.56. The molecule has 1 atom stereocenters. The zero-order valence-electron chi connectivity index (χ0n) is 15.0. The van der Waals surface area contributed by atoms with Gasteiger partial charge in [0.25, 0.3) is 5.91 Å². The number of piperidine rings is 1. The fourth-order valence-electron chi connectivity index (χ4n) is 4.45. The molecule has 1 amide bonds. The third-order valence-electron chi connectivity index (χ3n) is 6.03. The smallest absolute Gasteiger partial charge is 0.312 e. The first-order valence-corrected chi connectivity index (χ1v) is 9.50. The summed E-state index contributed by atoms with van der Waals surface area (Å²) in [4.78, 5) is 33.3. The van der Waals surface area contributed by atoms with Gasteiger partial charge in [0, 0.05) is 32.3 Å². The molecule has 0 aliphatic carbocycles. The van der Waals surface area contributed by atoms with E-state index in [0.29, 0.717) is 37.3 Å². The van der Waals surface area contributed by atoms with Crippen molar-refractivity contribution in [3.8, 4) is 0 Å². The third-order valence-corrected chi connectivity index (χ3v) is 6.03. The molecular formula is C19H26N4O3. The summed E-state index contributed by atoms with van der Waals surface area (Å²) in [5.74, 6) is 0.284. The third kappa shape index (κ3) is 3.28. The number of hydrogen-bond donors (Lipinski definition) is 1. The predicted octanol–water partition coefficient (Wildman–Crippen LogP) is 1.30. The Morgan fingerprint density at radius 1 is 1.23 bits per heavy atom. The van der Waals surface area contributed by atoms with Crippen molar-refractivity contribution in [3.63, 3.8) is 0 Å². The van der Waals surface area contributed by atoms with Gasteiger partial charge in [-0.05, 0) is 50.9 Å².